The van der Waals surface area contributed by atoms with Crippen molar-refractivity contribution in [3.05, 3.63) is 47.2 Å². The molecule has 6 nitrogen and oxygen atoms in total. The third-order valence-corrected chi connectivity index (χ3v) is 5.15. The second-order valence-corrected chi connectivity index (χ2v) is 7.50. The number of nitrogens with zero attached hydrogens (tertiary/aromatic N) is 4. The Bertz CT molecular complexity index is 706. The van der Waals surface area contributed by atoms with Crippen LogP contribution in [0.3, 0.4) is 0 Å². The largest absolute Gasteiger partial charge is 0.371 e. The Morgan fingerprint density at radius 3 is 2.96 bits per heavy atom. The molecule has 1 unspecified atom stereocenters. The summed E-state index contributed by atoms with van der Waals surface area (Å²) in [6.07, 6.45) is 6.02. The number of guanidine groups is 1. The molecule has 148 valence electrons. The van der Waals surface area contributed by atoms with Crippen LogP contribution in [0.15, 0.2) is 52.2 Å². The Labute approximate surface area is 187 Å². The molecule has 0 amide bonds. The lowest BCUT2D eigenvalue weighted by Crippen LogP contribution is -2.40. The molecule has 2 aromatic rings. The average molecular weight is 547 g/mol. The highest BCUT2D eigenvalue weighted by molar-refractivity contribution is 14.0. The zero-order chi connectivity index (χ0) is 18.2. The molecule has 3 rings (SSSR count). The zero-order valence-corrected chi connectivity index (χ0v) is 19.6. The minimum absolute atomic E-state index is 0. The van der Waals surface area contributed by atoms with E-state index in [2.05, 4.69) is 65.8 Å². The van der Waals surface area contributed by atoms with Gasteiger partial charge in [0.05, 0.1) is 0 Å². The number of aromatic nitrogens is 2. The van der Waals surface area contributed by atoms with E-state index in [4.69, 9.17) is 0 Å². The molecule has 1 fully saturated rings. The average Bonchev–Trinajstić information content (AvgIpc) is 3.33. The highest BCUT2D eigenvalue weighted by Gasteiger charge is 2.22. The second kappa shape index (κ2) is 11.5. The lowest BCUT2D eigenvalue weighted by atomic mass is 10.1. The number of aryl methyl sites for hydroxylation is 1. The molecule has 8 heteroatoms. The van der Waals surface area contributed by atoms with Gasteiger partial charge in [-0.25, -0.2) is 0 Å². The first-order chi connectivity index (χ1) is 12.7. The topological polar surface area (TPSA) is 57.5 Å². The van der Waals surface area contributed by atoms with Crippen LogP contribution in [0.25, 0.3) is 0 Å². The van der Waals surface area contributed by atoms with Crippen molar-refractivity contribution in [1.82, 2.24) is 20.4 Å². The maximum atomic E-state index is 4.32. The van der Waals surface area contributed by atoms with Gasteiger partial charge in [0.25, 0.3) is 0 Å². The van der Waals surface area contributed by atoms with E-state index in [-0.39, 0.29) is 24.0 Å². The van der Waals surface area contributed by atoms with E-state index in [1.807, 2.05) is 30.2 Å². The van der Waals surface area contributed by atoms with Crippen LogP contribution >= 0.6 is 39.9 Å². The van der Waals surface area contributed by atoms with Gasteiger partial charge in [0.15, 0.2) is 5.96 Å². The lowest BCUT2D eigenvalue weighted by molar-refractivity contribution is 0.553. The molecule has 0 spiro atoms. The Morgan fingerprint density at radius 2 is 2.22 bits per heavy atom. The predicted octanol–water partition coefficient (Wildman–Crippen LogP) is 3.35. The number of halogens is 2. The highest BCUT2D eigenvalue weighted by atomic mass is 127. The number of rotatable bonds is 7. The summed E-state index contributed by atoms with van der Waals surface area (Å²) in [5, 5.41) is 11.1. The summed E-state index contributed by atoms with van der Waals surface area (Å²) in [4.78, 5) is 6.78. The van der Waals surface area contributed by atoms with E-state index in [9.17, 15) is 0 Å². The summed E-state index contributed by atoms with van der Waals surface area (Å²) in [5.74, 6) is 1.52. The first-order valence-corrected chi connectivity index (χ1v) is 9.96. The number of anilines is 1. The van der Waals surface area contributed by atoms with E-state index >= 15 is 0 Å². The highest BCUT2D eigenvalue weighted by Crippen LogP contribution is 2.25. The Hall–Kier alpha value is -1.29. The lowest BCUT2D eigenvalue weighted by Gasteiger charge is -2.19. The summed E-state index contributed by atoms with van der Waals surface area (Å²) in [6, 6.07) is 10.5. The quantitative estimate of drug-likeness (QED) is 0.242. The SMILES string of the molecule is CN=C(NCCCn1cccn1)NCC1CCN(c2cccc(Br)c2)C1.I. The summed E-state index contributed by atoms with van der Waals surface area (Å²) < 4.78 is 3.09. The van der Waals surface area contributed by atoms with Gasteiger partial charge in [0.2, 0.25) is 0 Å². The molecular weight excluding hydrogens is 519 g/mol. The van der Waals surface area contributed by atoms with Crippen LogP contribution in [0.4, 0.5) is 5.69 Å². The molecular formula is C19H28BrIN6. The molecule has 2 heterocycles. The van der Waals surface area contributed by atoms with Gasteiger partial charge in [-0.05, 0) is 43.0 Å². The molecule has 1 aromatic heterocycles. The van der Waals surface area contributed by atoms with Gasteiger partial charge in [0, 0.05) is 62.3 Å². The van der Waals surface area contributed by atoms with Crippen molar-refractivity contribution < 1.29 is 0 Å². The third-order valence-electron chi connectivity index (χ3n) is 4.66. The minimum atomic E-state index is 0. The summed E-state index contributed by atoms with van der Waals surface area (Å²) in [5.41, 5.74) is 1.29. The molecule has 1 atom stereocenters. The number of hydrogen-bond donors (Lipinski definition) is 2. The van der Waals surface area contributed by atoms with Crippen LogP contribution in [0, 0.1) is 5.92 Å². The maximum absolute atomic E-state index is 4.32. The smallest absolute Gasteiger partial charge is 0.190 e. The van der Waals surface area contributed by atoms with Crippen molar-refractivity contribution in [1.29, 1.82) is 0 Å². The minimum Gasteiger partial charge on any atom is -0.371 e. The van der Waals surface area contributed by atoms with Gasteiger partial charge in [-0.2, -0.15) is 5.10 Å². The molecule has 0 bridgehead atoms. The summed E-state index contributed by atoms with van der Waals surface area (Å²) in [7, 11) is 1.82. The molecule has 1 aromatic carbocycles. The summed E-state index contributed by atoms with van der Waals surface area (Å²) in [6.45, 7) is 4.94. The van der Waals surface area contributed by atoms with Crippen LogP contribution in [-0.2, 0) is 6.54 Å². The number of nitrogens with one attached hydrogen (secondary N) is 2. The van der Waals surface area contributed by atoms with Crippen LogP contribution < -0.4 is 15.5 Å². The van der Waals surface area contributed by atoms with Crippen molar-refractivity contribution in [2.75, 3.05) is 38.1 Å². The molecule has 27 heavy (non-hydrogen) atoms. The molecule has 1 saturated heterocycles. The van der Waals surface area contributed by atoms with E-state index in [1.54, 1.807) is 0 Å². The Kier molecular flexibility index (Phi) is 9.40. The summed E-state index contributed by atoms with van der Waals surface area (Å²) >= 11 is 3.56. The van der Waals surface area contributed by atoms with Crippen LogP contribution in [-0.4, -0.2) is 49.0 Å². The first kappa shape index (κ1) is 22.0. The Morgan fingerprint density at radius 1 is 1.33 bits per heavy atom. The van der Waals surface area contributed by atoms with Crippen molar-refractivity contribution >= 4 is 51.6 Å². The van der Waals surface area contributed by atoms with Crippen LogP contribution in [0.2, 0.25) is 0 Å². The normalized spacial score (nSPS) is 16.9. The van der Waals surface area contributed by atoms with Crippen molar-refractivity contribution in [2.45, 2.75) is 19.4 Å². The van der Waals surface area contributed by atoms with Gasteiger partial charge in [0.1, 0.15) is 0 Å². The molecule has 1 aliphatic heterocycles. The van der Waals surface area contributed by atoms with E-state index in [1.165, 1.54) is 12.1 Å². The van der Waals surface area contributed by atoms with Crippen LogP contribution in [0.1, 0.15) is 12.8 Å². The second-order valence-electron chi connectivity index (χ2n) is 6.58. The first-order valence-electron chi connectivity index (χ1n) is 9.17. The molecule has 0 radical (unpaired) electrons. The van der Waals surface area contributed by atoms with Gasteiger partial charge in [-0.15, -0.1) is 24.0 Å². The van der Waals surface area contributed by atoms with E-state index < -0.39 is 0 Å². The van der Waals surface area contributed by atoms with Crippen molar-refractivity contribution in [3.8, 4) is 0 Å². The monoisotopic (exact) mass is 546 g/mol. The van der Waals surface area contributed by atoms with Gasteiger partial charge in [-0.3, -0.25) is 9.67 Å². The van der Waals surface area contributed by atoms with Crippen molar-refractivity contribution in [3.63, 3.8) is 0 Å². The molecule has 0 aliphatic carbocycles. The van der Waals surface area contributed by atoms with Crippen LogP contribution in [0.5, 0.6) is 0 Å². The number of aliphatic imine (C=N–C) groups is 1. The molecule has 0 saturated carbocycles. The van der Waals surface area contributed by atoms with E-state index in [0.29, 0.717) is 5.92 Å². The number of benzene rings is 1. The van der Waals surface area contributed by atoms with Crippen molar-refractivity contribution in [2.24, 2.45) is 10.9 Å². The zero-order valence-electron chi connectivity index (χ0n) is 15.6. The fraction of sp³-hybridized carbons (Fsp3) is 0.474. The van der Waals surface area contributed by atoms with Gasteiger partial charge in [-0.1, -0.05) is 22.0 Å². The van der Waals surface area contributed by atoms with Gasteiger partial charge < -0.3 is 15.5 Å². The van der Waals surface area contributed by atoms with Gasteiger partial charge >= 0.3 is 0 Å². The predicted molar refractivity (Wildman–Crippen MR) is 126 cm³/mol. The number of hydrogen-bond acceptors (Lipinski definition) is 3. The maximum Gasteiger partial charge on any atom is 0.190 e. The fourth-order valence-corrected chi connectivity index (χ4v) is 3.64. The fourth-order valence-electron chi connectivity index (χ4n) is 3.25. The third kappa shape index (κ3) is 6.99. The molecule has 1 aliphatic rings. The Balaban J connectivity index is 0.00000261. The molecule has 2 N–H and O–H groups in total. The standard InChI is InChI=1S/C19H27BrN6.HI/c1-21-19(22-8-3-10-26-11-4-9-24-26)23-14-16-7-12-25(15-16)18-6-2-5-17(20)13-18;/h2,4-6,9,11,13,16H,3,7-8,10,12,14-15H2,1H3,(H2,21,22,23);1H. The van der Waals surface area contributed by atoms with E-state index in [0.717, 1.165) is 49.6 Å².